The van der Waals surface area contributed by atoms with E-state index in [1.165, 1.54) is 12.0 Å². The van der Waals surface area contributed by atoms with E-state index in [1.54, 1.807) is 6.33 Å². The first-order chi connectivity index (χ1) is 9.90. The third-order valence-electron chi connectivity index (χ3n) is 4.03. The summed E-state index contributed by atoms with van der Waals surface area (Å²) in [5.41, 5.74) is 2.58. The zero-order valence-corrected chi connectivity index (χ0v) is 11.9. The van der Waals surface area contributed by atoms with Crippen LogP contribution >= 0.6 is 0 Å². The SMILES string of the molecule is CCCNC(c1ccncn1)C1CC1c1ccccc1. The Labute approximate surface area is 120 Å². The van der Waals surface area contributed by atoms with Crippen LogP contribution in [0.1, 0.15) is 43.0 Å². The summed E-state index contributed by atoms with van der Waals surface area (Å²) in [6.07, 6.45) is 5.87. The maximum Gasteiger partial charge on any atom is 0.115 e. The molecule has 1 heterocycles. The van der Waals surface area contributed by atoms with Crippen molar-refractivity contribution in [2.45, 2.75) is 31.7 Å². The van der Waals surface area contributed by atoms with Crippen molar-refractivity contribution in [1.29, 1.82) is 0 Å². The third-order valence-corrected chi connectivity index (χ3v) is 4.03. The van der Waals surface area contributed by atoms with Gasteiger partial charge in [-0.2, -0.15) is 0 Å². The lowest BCUT2D eigenvalue weighted by atomic mass is 10.0. The Hall–Kier alpha value is -1.74. The van der Waals surface area contributed by atoms with Crippen molar-refractivity contribution < 1.29 is 0 Å². The maximum atomic E-state index is 4.45. The number of hydrogen-bond donors (Lipinski definition) is 1. The first-order valence-corrected chi connectivity index (χ1v) is 7.44. The Morgan fingerprint density at radius 2 is 2.10 bits per heavy atom. The number of aromatic nitrogens is 2. The molecule has 1 fully saturated rings. The lowest BCUT2D eigenvalue weighted by molar-refractivity contribution is 0.462. The highest BCUT2D eigenvalue weighted by Crippen LogP contribution is 2.53. The lowest BCUT2D eigenvalue weighted by Crippen LogP contribution is -2.25. The molecule has 3 rings (SSSR count). The highest BCUT2D eigenvalue weighted by atomic mass is 15.0. The van der Waals surface area contributed by atoms with Crippen molar-refractivity contribution in [2.75, 3.05) is 6.54 Å². The molecule has 20 heavy (non-hydrogen) atoms. The minimum Gasteiger partial charge on any atom is -0.308 e. The van der Waals surface area contributed by atoms with E-state index in [9.17, 15) is 0 Å². The molecule has 0 radical (unpaired) electrons. The van der Waals surface area contributed by atoms with Crippen LogP contribution in [-0.4, -0.2) is 16.5 Å². The fraction of sp³-hybridized carbons (Fsp3) is 0.412. The van der Waals surface area contributed by atoms with Gasteiger partial charge in [0.1, 0.15) is 6.33 Å². The zero-order valence-electron chi connectivity index (χ0n) is 11.9. The number of benzene rings is 1. The van der Waals surface area contributed by atoms with Crippen LogP contribution in [0.5, 0.6) is 0 Å². The standard InChI is InChI=1S/C17H21N3/c1-2-9-19-17(16-8-10-18-12-20-16)15-11-14(15)13-6-4-3-5-7-13/h3-8,10,12,14-15,17,19H,2,9,11H2,1H3. The molecular weight excluding hydrogens is 246 g/mol. The zero-order chi connectivity index (χ0) is 13.8. The van der Waals surface area contributed by atoms with Crippen LogP contribution < -0.4 is 5.32 Å². The summed E-state index contributed by atoms with van der Waals surface area (Å²) in [5, 5.41) is 3.66. The molecule has 1 aromatic carbocycles. The van der Waals surface area contributed by atoms with Gasteiger partial charge in [-0.3, -0.25) is 0 Å². The molecule has 1 aliphatic rings. The van der Waals surface area contributed by atoms with Gasteiger partial charge in [-0.1, -0.05) is 37.3 Å². The van der Waals surface area contributed by atoms with Crippen LogP contribution in [0.25, 0.3) is 0 Å². The van der Waals surface area contributed by atoms with Crippen molar-refractivity contribution >= 4 is 0 Å². The van der Waals surface area contributed by atoms with E-state index >= 15 is 0 Å². The summed E-state index contributed by atoms with van der Waals surface area (Å²) in [6.45, 7) is 3.23. The topological polar surface area (TPSA) is 37.8 Å². The predicted octanol–water partition coefficient (Wildman–Crippen LogP) is 3.32. The minimum absolute atomic E-state index is 0.350. The fourth-order valence-electron chi connectivity index (χ4n) is 2.93. The van der Waals surface area contributed by atoms with E-state index in [2.05, 4.69) is 52.5 Å². The Balaban J connectivity index is 1.75. The average Bonchev–Trinajstić information content (AvgIpc) is 3.30. The Morgan fingerprint density at radius 1 is 1.25 bits per heavy atom. The molecule has 1 aliphatic carbocycles. The highest BCUT2D eigenvalue weighted by molar-refractivity contribution is 5.28. The van der Waals surface area contributed by atoms with Gasteiger partial charge in [0, 0.05) is 6.20 Å². The van der Waals surface area contributed by atoms with E-state index in [0.29, 0.717) is 17.9 Å². The van der Waals surface area contributed by atoms with Crippen molar-refractivity contribution in [3.63, 3.8) is 0 Å². The van der Waals surface area contributed by atoms with Crippen molar-refractivity contribution in [2.24, 2.45) is 5.92 Å². The summed E-state index contributed by atoms with van der Waals surface area (Å²) in [5.74, 6) is 1.32. The van der Waals surface area contributed by atoms with Gasteiger partial charge < -0.3 is 5.32 Å². The molecule has 1 N–H and O–H groups in total. The first kappa shape index (κ1) is 13.3. The second kappa shape index (κ2) is 6.14. The molecule has 2 aromatic rings. The monoisotopic (exact) mass is 267 g/mol. The molecule has 1 aromatic heterocycles. The van der Waals surface area contributed by atoms with Crippen molar-refractivity contribution in [1.82, 2.24) is 15.3 Å². The van der Waals surface area contributed by atoms with E-state index in [1.807, 2.05) is 12.3 Å². The fourth-order valence-corrected chi connectivity index (χ4v) is 2.93. The van der Waals surface area contributed by atoms with Crippen LogP contribution in [0.2, 0.25) is 0 Å². The Kier molecular flexibility index (Phi) is 4.07. The van der Waals surface area contributed by atoms with Crippen LogP contribution in [0, 0.1) is 5.92 Å². The molecular formula is C17H21N3. The second-order valence-corrected chi connectivity index (χ2v) is 5.48. The van der Waals surface area contributed by atoms with Gasteiger partial charge in [0.2, 0.25) is 0 Å². The van der Waals surface area contributed by atoms with Crippen molar-refractivity contribution in [3.05, 3.63) is 60.2 Å². The molecule has 0 spiro atoms. The quantitative estimate of drug-likeness (QED) is 0.872. The summed E-state index contributed by atoms with van der Waals surface area (Å²) >= 11 is 0. The Bertz CT molecular complexity index is 526. The highest BCUT2D eigenvalue weighted by Gasteiger charge is 2.44. The van der Waals surface area contributed by atoms with Gasteiger partial charge >= 0.3 is 0 Å². The van der Waals surface area contributed by atoms with Crippen LogP contribution in [0.15, 0.2) is 48.9 Å². The minimum atomic E-state index is 0.350. The number of nitrogens with zero attached hydrogens (tertiary/aromatic N) is 2. The molecule has 1 saturated carbocycles. The van der Waals surface area contributed by atoms with Crippen LogP contribution in [0.4, 0.5) is 0 Å². The van der Waals surface area contributed by atoms with E-state index in [4.69, 9.17) is 0 Å². The first-order valence-electron chi connectivity index (χ1n) is 7.44. The molecule has 3 heteroatoms. The second-order valence-electron chi connectivity index (χ2n) is 5.48. The molecule has 0 amide bonds. The molecule has 0 saturated heterocycles. The van der Waals surface area contributed by atoms with Gasteiger partial charge in [-0.25, -0.2) is 9.97 Å². The Morgan fingerprint density at radius 3 is 2.80 bits per heavy atom. The number of nitrogens with one attached hydrogen (secondary N) is 1. The van der Waals surface area contributed by atoms with Gasteiger partial charge in [-0.05, 0) is 42.9 Å². The van der Waals surface area contributed by atoms with E-state index in [-0.39, 0.29) is 0 Å². The summed E-state index contributed by atoms with van der Waals surface area (Å²) in [6, 6.07) is 13.2. The van der Waals surface area contributed by atoms with Gasteiger partial charge in [0.05, 0.1) is 11.7 Å². The number of rotatable bonds is 6. The molecule has 104 valence electrons. The number of hydrogen-bond acceptors (Lipinski definition) is 3. The van der Waals surface area contributed by atoms with E-state index < -0.39 is 0 Å². The largest absolute Gasteiger partial charge is 0.308 e. The summed E-state index contributed by atoms with van der Waals surface area (Å²) < 4.78 is 0. The molecule has 3 unspecified atom stereocenters. The smallest absolute Gasteiger partial charge is 0.115 e. The lowest BCUT2D eigenvalue weighted by Gasteiger charge is -2.18. The van der Waals surface area contributed by atoms with Gasteiger partial charge in [0.15, 0.2) is 0 Å². The molecule has 0 aliphatic heterocycles. The van der Waals surface area contributed by atoms with Gasteiger partial charge in [-0.15, -0.1) is 0 Å². The third kappa shape index (κ3) is 2.88. The summed E-state index contributed by atoms with van der Waals surface area (Å²) in [4.78, 5) is 8.47. The maximum absolute atomic E-state index is 4.45. The van der Waals surface area contributed by atoms with Gasteiger partial charge in [0.25, 0.3) is 0 Å². The predicted molar refractivity (Wildman–Crippen MR) is 80.4 cm³/mol. The molecule has 3 atom stereocenters. The van der Waals surface area contributed by atoms with Crippen LogP contribution in [0.3, 0.4) is 0 Å². The molecule has 0 bridgehead atoms. The van der Waals surface area contributed by atoms with Crippen molar-refractivity contribution in [3.8, 4) is 0 Å². The normalized spacial score (nSPS) is 22.4. The molecule has 3 nitrogen and oxygen atoms in total. The average molecular weight is 267 g/mol. The van der Waals surface area contributed by atoms with Crippen LogP contribution in [-0.2, 0) is 0 Å². The van der Waals surface area contributed by atoms with E-state index in [0.717, 1.165) is 18.7 Å². The summed E-state index contributed by atoms with van der Waals surface area (Å²) in [7, 11) is 0.